The van der Waals surface area contributed by atoms with Gasteiger partial charge in [0.2, 0.25) is 0 Å². The molecule has 4 aromatic carbocycles. The fourth-order valence-corrected chi connectivity index (χ4v) is 6.96. The van der Waals surface area contributed by atoms with Crippen molar-refractivity contribution in [2.24, 2.45) is 5.89 Å². The van der Waals surface area contributed by atoms with Gasteiger partial charge in [0.05, 0.1) is 39.6 Å². The molecule has 0 aliphatic rings. The molecule has 0 saturated heterocycles. The number of aromatic nitrogens is 5. The second-order valence-corrected chi connectivity index (χ2v) is 16.1. The summed E-state index contributed by atoms with van der Waals surface area (Å²) in [5.74, 6) is 0.752. The Morgan fingerprint density at radius 2 is 1.53 bits per heavy atom. The molecule has 0 aliphatic heterocycles. The zero-order valence-electron chi connectivity index (χ0n) is 34.7. The summed E-state index contributed by atoms with van der Waals surface area (Å²) in [5.41, 5.74) is 8.06. The number of para-hydroxylation sites is 1. The molecule has 53 heavy (non-hydrogen) atoms. The van der Waals surface area contributed by atoms with Crippen molar-refractivity contribution in [1.82, 2.24) is 19.1 Å². The highest BCUT2D eigenvalue weighted by Gasteiger charge is 2.21. The molecular weight excluding hydrogens is 651 g/mol. The molecule has 4 aromatic heterocycles. The summed E-state index contributed by atoms with van der Waals surface area (Å²) >= 11 is 0. The van der Waals surface area contributed by atoms with Crippen LogP contribution < -0.4 is 9.30 Å². The Hall–Kier alpha value is -5.75. The molecule has 0 fully saturated rings. The van der Waals surface area contributed by atoms with Crippen molar-refractivity contribution in [2.45, 2.75) is 72.6 Å². The van der Waals surface area contributed by atoms with Crippen LogP contribution in [0.3, 0.4) is 0 Å². The third kappa shape index (κ3) is 6.59. The van der Waals surface area contributed by atoms with E-state index in [0.29, 0.717) is 17.1 Å². The summed E-state index contributed by atoms with van der Waals surface area (Å²) in [4.78, 5) is 9.44. The first kappa shape index (κ1) is 30.8. The van der Waals surface area contributed by atoms with Crippen LogP contribution in [-0.4, -0.2) is 19.1 Å². The maximum Gasteiger partial charge on any atom is 0.269 e. The molecule has 0 atom stereocenters. The number of rotatable bonds is 7. The number of benzene rings is 4. The Morgan fingerprint density at radius 3 is 2.32 bits per heavy atom. The van der Waals surface area contributed by atoms with Gasteiger partial charge >= 0.3 is 0 Å². The zero-order chi connectivity index (χ0) is 39.8. The first-order valence-corrected chi connectivity index (χ1v) is 18.1. The van der Waals surface area contributed by atoms with Gasteiger partial charge in [0.15, 0.2) is 0 Å². The SMILES string of the molecule is [2H]C(C)(C)C([2H])([2H])c1cccc(-[n+]2[c-]n(-c3cncc(Oc4ccc5c6ccccc6n(-c6cc(C(C)(C)C)ccn6)c5c4)c3)c3ccc(C(C)(C)C)cc32)c1. The molecule has 8 aromatic rings. The summed E-state index contributed by atoms with van der Waals surface area (Å²) in [5, 5.41) is 2.25. The Labute approximate surface area is 316 Å². The van der Waals surface area contributed by atoms with Gasteiger partial charge in [0, 0.05) is 33.3 Å². The predicted octanol–water partition coefficient (Wildman–Crippen LogP) is 11.2. The van der Waals surface area contributed by atoms with Crippen molar-refractivity contribution in [3.63, 3.8) is 0 Å². The van der Waals surface area contributed by atoms with Crippen LogP contribution in [0.1, 0.15) is 76.2 Å². The van der Waals surface area contributed by atoms with E-state index >= 15 is 0 Å². The summed E-state index contributed by atoms with van der Waals surface area (Å²) in [6, 6.07) is 34.6. The Bertz CT molecular complexity index is 2780. The van der Waals surface area contributed by atoms with E-state index in [0.717, 1.165) is 55.6 Å². The molecule has 0 amide bonds. The van der Waals surface area contributed by atoms with Crippen LogP contribution >= 0.6 is 0 Å². The van der Waals surface area contributed by atoms with Gasteiger partial charge in [0.1, 0.15) is 17.3 Å². The lowest BCUT2D eigenvalue weighted by molar-refractivity contribution is -0.572. The van der Waals surface area contributed by atoms with Crippen molar-refractivity contribution in [3.05, 3.63) is 145 Å². The quantitative estimate of drug-likeness (QED) is 0.123. The van der Waals surface area contributed by atoms with Crippen LogP contribution in [0.4, 0.5) is 0 Å². The first-order chi connectivity index (χ1) is 26.4. The van der Waals surface area contributed by atoms with Crippen molar-refractivity contribution >= 4 is 32.8 Å². The highest BCUT2D eigenvalue weighted by Crippen LogP contribution is 2.36. The van der Waals surface area contributed by atoms with Crippen molar-refractivity contribution in [3.8, 4) is 28.7 Å². The maximum absolute atomic E-state index is 8.80. The molecule has 4 heterocycles. The van der Waals surface area contributed by atoms with Gasteiger partial charge in [-0.1, -0.05) is 103 Å². The van der Waals surface area contributed by atoms with Crippen molar-refractivity contribution < 1.29 is 13.4 Å². The van der Waals surface area contributed by atoms with Gasteiger partial charge in [-0.2, -0.15) is 0 Å². The maximum atomic E-state index is 8.80. The van der Waals surface area contributed by atoms with Crippen LogP contribution in [0, 0.1) is 12.2 Å². The van der Waals surface area contributed by atoms with E-state index in [2.05, 4.69) is 124 Å². The highest BCUT2D eigenvalue weighted by atomic mass is 16.5. The fourth-order valence-electron chi connectivity index (χ4n) is 6.96. The zero-order valence-corrected chi connectivity index (χ0v) is 31.7. The normalized spacial score (nSPS) is 13.7. The Balaban J connectivity index is 1.22. The number of nitrogens with zero attached hydrogens (tertiary/aromatic N) is 5. The van der Waals surface area contributed by atoms with Gasteiger partial charge in [-0.3, -0.25) is 18.7 Å². The Kier molecular flexibility index (Phi) is 7.58. The largest absolute Gasteiger partial charge is 0.456 e. The van der Waals surface area contributed by atoms with Gasteiger partial charge in [0.25, 0.3) is 6.33 Å². The van der Waals surface area contributed by atoms with Crippen molar-refractivity contribution in [2.75, 3.05) is 0 Å². The molecule has 0 unspecified atom stereocenters. The standard InChI is InChI=1S/C47H47N5O/c1-31(2)22-32-12-11-13-35(23-32)50-30-51(42-19-16-33(24-44(42)50)46(3,4)5)36-26-38(29-48-28-36)53-37-17-18-40-39-14-9-10-15-41(39)52(43(40)27-37)45-25-34(20-21-49-45)47(6,7)8/h9-21,23-29,31H,22H2,1-8H3/i22D2,31D. The van der Waals surface area contributed by atoms with Gasteiger partial charge in [-0.05, 0) is 88.8 Å². The number of pyridine rings is 2. The monoisotopic (exact) mass is 700 g/mol. The fraction of sp³-hybridized carbons (Fsp3) is 0.255. The predicted molar refractivity (Wildman–Crippen MR) is 216 cm³/mol. The van der Waals surface area contributed by atoms with E-state index in [1.165, 1.54) is 5.56 Å². The van der Waals surface area contributed by atoms with Crippen molar-refractivity contribution in [1.29, 1.82) is 0 Å². The second kappa shape index (κ2) is 13.0. The van der Waals surface area contributed by atoms with E-state index in [1.54, 1.807) is 32.3 Å². The lowest BCUT2D eigenvalue weighted by Gasteiger charge is -2.20. The van der Waals surface area contributed by atoms with Crippen LogP contribution in [0.25, 0.3) is 50.0 Å². The lowest BCUT2D eigenvalue weighted by Crippen LogP contribution is -2.30. The van der Waals surface area contributed by atoms with Gasteiger partial charge < -0.3 is 4.74 Å². The number of hydrogen-bond donors (Lipinski definition) is 0. The smallest absolute Gasteiger partial charge is 0.269 e. The highest BCUT2D eigenvalue weighted by molar-refractivity contribution is 6.09. The minimum Gasteiger partial charge on any atom is -0.456 e. The van der Waals surface area contributed by atoms with Crippen LogP contribution in [-0.2, 0) is 17.2 Å². The molecule has 0 spiro atoms. The lowest BCUT2D eigenvalue weighted by atomic mass is 9.87. The number of ether oxygens (including phenoxy) is 1. The molecule has 0 radical (unpaired) electrons. The van der Waals surface area contributed by atoms with Crippen LogP contribution in [0.5, 0.6) is 11.5 Å². The Morgan fingerprint density at radius 1 is 0.755 bits per heavy atom. The third-order valence-electron chi connectivity index (χ3n) is 9.70. The average molecular weight is 701 g/mol. The molecule has 0 bridgehead atoms. The average Bonchev–Trinajstić information content (AvgIpc) is 3.70. The second-order valence-electron chi connectivity index (χ2n) is 16.1. The summed E-state index contributed by atoms with van der Waals surface area (Å²) < 4.78 is 38.8. The summed E-state index contributed by atoms with van der Waals surface area (Å²) in [6.07, 6.45) is 7.06. The molecule has 8 rings (SSSR count). The first-order valence-electron chi connectivity index (χ1n) is 19.6. The third-order valence-corrected chi connectivity index (χ3v) is 9.70. The van der Waals surface area contributed by atoms with E-state index in [1.807, 2.05) is 45.7 Å². The van der Waals surface area contributed by atoms with Crippen LogP contribution in [0.2, 0.25) is 0 Å². The van der Waals surface area contributed by atoms with Gasteiger partial charge in [-0.15, -0.1) is 0 Å². The summed E-state index contributed by atoms with van der Waals surface area (Å²) in [6.45, 7) is 16.4. The van der Waals surface area contributed by atoms with Gasteiger partial charge in [-0.25, -0.2) is 4.98 Å². The molecule has 6 heteroatoms. The van der Waals surface area contributed by atoms with E-state index in [-0.39, 0.29) is 10.8 Å². The number of imidazole rings is 1. The molecule has 266 valence electrons. The minimum atomic E-state index is -1.88. The van der Waals surface area contributed by atoms with E-state index in [9.17, 15) is 0 Å². The number of fused-ring (bicyclic) bond motifs is 4. The molecule has 0 aliphatic carbocycles. The van der Waals surface area contributed by atoms with Crippen LogP contribution in [0.15, 0.2) is 122 Å². The minimum absolute atomic E-state index is 0.0292. The molecule has 0 saturated carbocycles. The topological polar surface area (TPSA) is 48.8 Å². The van der Waals surface area contributed by atoms with E-state index < -0.39 is 12.3 Å². The molecular formula is C47H47N5O. The van der Waals surface area contributed by atoms with E-state index in [4.69, 9.17) is 13.8 Å². The summed E-state index contributed by atoms with van der Waals surface area (Å²) in [7, 11) is 0. The molecule has 6 nitrogen and oxygen atoms in total. The number of hydrogen-bond acceptors (Lipinski definition) is 3. The molecule has 0 N–H and O–H groups in total.